The van der Waals surface area contributed by atoms with E-state index in [9.17, 15) is 31.5 Å². The maximum absolute atomic E-state index is 13.9. The summed E-state index contributed by atoms with van der Waals surface area (Å²) in [5.41, 5.74) is -0.818. The van der Waals surface area contributed by atoms with Crippen molar-refractivity contribution in [2.75, 3.05) is 20.2 Å². The third-order valence-corrected chi connectivity index (χ3v) is 9.11. The Morgan fingerprint density at radius 2 is 1.73 bits per heavy atom. The number of alkyl halides is 3. The van der Waals surface area contributed by atoms with Crippen molar-refractivity contribution in [3.63, 3.8) is 0 Å². The highest BCUT2D eigenvalue weighted by Crippen LogP contribution is 2.59. The zero-order chi connectivity index (χ0) is 28.7. The van der Waals surface area contributed by atoms with Gasteiger partial charge in [0, 0.05) is 12.6 Å². The number of methoxy groups -OCH3 is 1. The molecule has 1 heterocycles. The normalized spacial score (nSPS) is 27.4. The van der Waals surface area contributed by atoms with Gasteiger partial charge in [0.1, 0.15) is 11.6 Å². The lowest BCUT2D eigenvalue weighted by atomic mass is 9.78. The summed E-state index contributed by atoms with van der Waals surface area (Å²) in [5.74, 6) is -2.21. The van der Waals surface area contributed by atoms with E-state index in [0.717, 1.165) is 50.0 Å². The highest BCUT2D eigenvalue weighted by atomic mass is 19.4. The van der Waals surface area contributed by atoms with Crippen LogP contribution in [0.5, 0.6) is 0 Å². The molecule has 2 aliphatic carbocycles. The Morgan fingerprint density at radius 1 is 1.02 bits per heavy atom. The van der Waals surface area contributed by atoms with Crippen LogP contribution in [0, 0.1) is 28.9 Å². The molecule has 3 aliphatic rings. The Hall–Kier alpha value is -3.01. The molecule has 0 bridgehead atoms. The molecule has 0 radical (unpaired) electrons. The zero-order valence-corrected chi connectivity index (χ0v) is 22.3. The van der Waals surface area contributed by atoms with E-state index in [4.69, 9.17) is 4.74 Å². The molecule has 0 spiro atoms. The fourth-order valence-electron chi connectivity index (χ4n) is 6.90. The van der Waals surface area contributed by atoms with Crippen molar-refractivity contribution in [2.45, 2.75) is 63.2 Å². The third-order valence-electron chi connectivity index (χ3n) is 9.11. The van der Waals surface area contributed by atoms with Gasteiger partial charge in [0.05, 0.1) is 24.0 Å². The summed E-state index contributed by atoms with van der Waals surface area (Å²) in [4.78, 5) is 28.4. The zero-order valence-electron chi connectivity index (χ0n) is 22.3. The summed E-state index contributed by atoms with van der Waals surface area (Å²) in [6.45, 7) is 1.42. The van der Waals surface area contributed by atoms with Gasteiger partial charge in [-0.05, 0) is 105 Å². The molecule has 1 amide bonds. The standard InChI is InChI=1S/C30H33F5N2O3/c1-40-27(38)25-15-26(25)29(28(39)36-17-18-12-21(30(33,34)35)14-23(32)13-18)9-6-24(16-29)37-10-7-20(8-11-37)19-2-4-22(31)5-3-19/h2-5,12-14,20,24-26H,6-11,15-17H2,1H3,(H,36,39). The second-order valence-corrected chi connectivity index (χ2v) is 11.4. The Morgan fingerprint density at radius 3 is 2.38 bits per heavy atom. The van der Waals surface area contributed by atoms with Crippen LogP contribution in [0.3, 0.4) is 0 Å². The number of nitrogens with one attached hydrogen (secondary N) is 1. The molecule has 2 aromatic carbocycles. The van der Waals surface area contributed by atoms with E-state index in [2.05, 4.69) is 10.2 Å². The fraction of sp³-hybridized carbons (Fsp3) is 0.533. The first-order valence-electron chi connectivity index (χ1n) is 13.7. The summed E-state index contributed by atoms with van der Waals surface area (Å²) in [7, 11) is 1.31. The van der Waals surface area contributed by atoms with Crippen LogP contribution in [0.15, 0.2) is 42.5 Å². The van der Waals surface area contributed by atoms with Crippen molar-refractivity contribution in [3.8, 4) is 0 Å². The molecular weight excluding hydrogens is 531 g/mol. The lowest BCUT2D eigenvalue weighted by Crippen LogP contribution is -2.45. The molecule has 40 heavy (non-hydrogen) atoms. The summed E-state index contributed by atoms with van der Waals surface area (Å²) in [5, 5.41) is 2.77. The first kappa shape index (κ1) is 28.5. The molecule has 3 fully saturated rings. The van der Waals surface area contributed by atoms with E-state index in [-0.39, 0.29) is 47.7 Å². The van der Waals surface area contributed by atoms with E-state index in [0.29, 0.717) is 31.2 Å². The summed E-state index contributed by atoms with van der Waals surface area (Å²) < 4.78 is 71.6. The van der Waals surface area contributed by atoms with Crippen LogP contribution in [0.25, 0.3) is 0 Å². The lowest BCUT2D eigenvalue weighted by molar-refractivity contribution is -0.143. The Kier molecular flexibility index (Phi) is 7.92. The van der Waals surface area contributed by atoms with Gasteiger partial charge in [-0.25, -0.2) is 8.78 Å². The topological polar surface area (TPSA) is 58.6 Å². The number of likely N-dealkylation sites (tertiary alicyclic amines) is 1. The molecule has 216 valence electrons. The predicted octanol–water partition coefficient (Wildman–Crippen LogP) is 5.83. The number of benzene rings is 2. The van der Waals surface area contributed by atoms with Crippen LogP contribution >= 0.6 is 0 Å². The molecule has 0 aromatic heterocycles. The minimum Gasteiger partial charge on any atom is -0.469 e. The van der Waals surface area contributed by atoms with Gasteiger partial charge in [-0.1, -0.05) is 12.1 Å². The van der Waals surface area contributed by atoms with Crippen molar-refractivity contribution in [1.82, 2.24) is 10.2 Å². The molecule has 2 aromatic rings. The number of carbonyl (C=O) groups excluding carboxylic acids is 2. The van der Waals surface area contributed by atoms with Crippen LogP contribution in [-0.2, 0) is 27.0 Å². The van der Waals surface area contributed by atoms with Crippen molar-refractivity contribution >= 4 is 11.9 Å². The number of amides is 1. The minimum atomic E-state index is -4.70. The Balaban J connectivity index is 1.27. The Bertz CT molecular complexity index is 1240. The minimum absolute atomic E-state index is 0.0218. The average Bonchev–Trinajstić information content (AvgIpc) is 3.62. The second kappa shape index (κ2) is 11.1. The SMILES string of the molecule is COC(=O)C1CC1C1(C(=O)NCc2cc(F)cc(C(F)(F)F)c2)CCC(N2CCC(c3ccc(F)cc3)CC2)C1. The predicted molar refractivity (Wildman–Crippen MR) is 137 cm³/mol. The molecule has 5 nitrogen and oxygen atoms in total. The van der Waals surface area contributed by atoms with Crippen LogP contribution in [-0.4, -0.2) is 43.0 Å². The van der Waals surface area contributed by atoms with Crippen LogP contribution < -0.4 is 5.32 Å². The molecule has 10 heteroatoms. The van der Waals surface area contributed by atoms with Gasteiger partial charge in [-0.2, -0.15) is 13.2 Å². The van der Waals surface area contributed by atoms with Gasteiger partial charge in [0.2, 0.25) is 5.91 Å². The van der Waals surface area contributed by atoms with Crippen molar-refractivity contribution < 1.29 is 36.3 Å². The molecule has 1 aliphatic heterocycles. The number of ether oxygens (including phenoxy) is 1. The van der Waals surface area contributed by atoms with E-state index >= 15 is 0 Å². The molecule has 2 saturated carbocycles. The first-order chi connectivity index (χ1) is 19.0. The lowest BCUT2D eigenvalue weighted by Gasteiger charge is -2.37. The summed E-state index contributed by atoms with van der Waals surface area (Å²) in [6, 6.07) is 9.00. The fourth-order valence-corrected chi connectivity index (χ4v) is 6.90. The summed E-state index contributed by atoms with van der Waals surface area (Å²) in [6.07, 6.45) is -0.500. The average molecular weight is 565 g/mol. The van der Waals surface area contributed by atoms with Crippen molar-refractivity contribution in [1.29, 1.82) is 0 Å². The number of hydrogen-bond acceptors (Lipinski definition) is 4. The van der Waals surface area contributed by atoms with E-state index < -0.39 is 23.0 Å². The third kappa shape index (κ3) is 5.87. The summed E-state index contributed by atoms with van der Waals surface area (Å²) >= 11 is 0. The van der Waals surface area contributed by atoms with Gasteiger partial charge < -0.3 is 15.0 Å². The second-order valence-electron chi connectivity index (χ2n) is 11.4. The number of rotatable bonds is 7. The number of esters is 1. The maximum Gasteiger partial charge on any atom is 0.416 e. The molecule has 4 unspecified atom stereocenters. The van der Waals surface area contributed by atoms with Gasteiger partial charge in [0.25, 0.3) is 0 Å². The van der Waals surface area contributed by atoms with Crippen molar-refractivity contribution in [3.05, 3.63) is 70.8 Å². The van der Waals surface area contributed by atoms with Gasteiger partial charge >= 0.3 is 12.1 Å². The van der Waals surface area contributed by atoms with E-state index in [1.54, 1.807) is 0 Å². The molecule has 5 rings (SSSR count). The number of carbonyl (C=O) groups is 2. The van der Waals surface area contributed by atoms with E-state index in [1.807, 2.05) is 12.1 Å². The quantitative estimate of drug-likeness (QED) is 0.340. The molecule has 1 saturated heterocycles. The van der Waals surface area contributed by atoms with E-state index in [1.165, 1.54) is 19.2 Å². The number of halogens is 5. The van der Waals surface area contributed by atoms with Crippen LogP contribution in [0.1, 0.15) is 61.1 Å². The van der Waals surface area contributed by atoms with Crippen LogP contribution in [0.4, 0.5) is 22.0 Å². The molecule has 1 N–H and O–H groups in total. The Labute approximate surface area is 230 Å². The molecule has 4 atom stereocenters. The first-order valence-corrected chi connectivity index (χ1v) is 13.7. The van der Waals surface area contributed by atoms with Crippen molar-refractivity contribution in [2.24, 2.45) is 17.3 Å². The number of piperidine rings is 1. The van der Waals surface area contributed by atoms with Crippen LogP contribution in [0.2, 0.25) is 0 Å². The molecular formula is C30H33F5N2O3. The van der Waals surface area contributed by atoms with Gasteiger partial charge in [-0.3, -0.25) is 9.59 Å². The highest BCUT2D eigenvalue weighted by Gasteiger charge is 2.62. The number of hydrogen-bond donors (Lipinski definition) is 1. The van der Waals surface area contributed by atoms with Gasteiger partial charge in [0.15, 0.2) is 0 Å². The highest BCUT2D eigenvalue weighted by molar-refractivity contribution is 5.86. The largest absolute Gasteiger partial charge is 0.469 e. The number of nitrogens with zero attached hydrogens (tertiary/aromatic N) is 1. The maximum atomic E-state index is 13.9. The van der Waals surface area contributed by atoms with Gasteiger partial charge in [-0.15, -0.1) is 0 Å². The smallest absolute Gasteiger partial charge is 0.416 e. The monoisotopic (exact) mass is 564 g/mol.